The quantitative estimate of drug-likeness (QED) is 0.707. The summed E-state index contributed by atoms with van der Waals surface area (Å²) >= 11 is 5.89. The van der Waals surface area contributed by atoms with Gasteiger partial charge in [-0.1, -0.05) is 30.7 Å². The lowest BCUT2D eigenvalue weighted by Gasteiger charge is -2.09. The van der Waals surface area contributed by atoms with Gasteiger partial charge in [0.2, 0.25) is 0 Å². The summed E-state index contributed by atoms with van der Waals surface area (Å²) in [5.41, 5.74) is 7.29. The molecule has 2 rings (SSSR count). The van der Waals surface area contributed by atoms with Crippen LogP contribution in [0.5, 0.6) is 0 Å². The molecule has 1 aliphatic carbocycles. The van der Waals surface area contributed by atoms with Crippen molar-refractivity contribution in [3.05, 3.63) is 34.9 Å². The highest BCUT2D eigenvalue weighted by Gasteiger charge is 2.48. The molecule has 0 spiro atoms. The highest BCUT2D eigenvalue weighted by Crippen LogP contribution is 2.46. The van der Waals surface area contributed by atoms with Crippen molar-refractivity contribution in [3.8, 4) is 0 Å². The maximum absolute atomic E-state index is 5.89. The van der Waals surface area contributed by atoms with E-state index in [-0.39, 0.29) is 5.41 Å². The molecule has 1 saturated carbocycles. The van der Waals surface area contributed by atoms with Gasteiger partial charge in [0, 0.05) is 16.5 Å². The van der Waals surface area contributed by atoms with Gasteiger partial charge >= 0.3 is 0 Å². The molecule has 0 radical (unpaired) electrons. The van der Waals surface area contributed by atoms with Gasteiger partial charge in [0.05, 0.1) is 0 Å². The fraction of sp³-hybridized carbons (Fsp3) is 0.400. The van der Waals surface area contributed by atoms with Crippen molar-refractivity contribution in [1.29, 1.82) is 0 Å². The standard InChI is InChI=1S/C10H12ClN/c1-10(6-9(10)12)7-3-2-4-8(11)5-7/h2-5,9H,6,12H2,1H3/t9-,10+/m0/s1. The predicted molar refractivity (Wildman–Crippen MR) is 51.4 cm³/mol. The summed E-state index contributed by atoms with van der Waals surface area (Å²) in [7, 11) is 0. The molecule has 1 fully saturated rings. The summed E-state index contributed by atoms with van der Waals surface area (Å²) in [4.78, 5) is 0. The SMILES string of the molecule is C[C@]1(c2cccc(Cl)c2)C[C@@H]1N. The molecular weight excluding hydrogens is 170 g/mol. The third kappa shape index (κ3) is 1.13. The molecule has 0 unspecified atom stereocenters. The van der Waals surface area contributed by atoms with Crippen molar-refractivity contribution in [2.75, 3.05) is 0 Å². The molecule has 12 heavy (non-hydrogen) atoms. The summed E-state index contributed by atoms with van der Waals surface area (Å²) in [6, 6.07) is 8.29. The first kappa shape index (κ1) is 8.09. The van der Waals surface area contributed by atoms with E-state index in [1.165, 1.54) is 5.56 Å². The van der Waals surface area contributed by atoms with Crippen molar-refractivity contribution in [3.63, 3.8) is 0 Å². The smallest absolute Gasteiger partial charge is 0.0408 e. The molecule has 2 heteroatoms. The van der Waals surface area contributed by atoms with Crippen molar-refractivity contribution in [2.45, 2.75) is 24.8 Å². The zero-order valence-corrected chi connectivity index (χ0v) is 7.81. The molecule has 0 bridgehead atoms. The molecule has 1 aliphatic rings. The Morgan fingerprint density at radius 3 is 2.75 bits per heavy atom. The van der Waals surface area contributed by atoms with E-state index in [0.717, 1.165) is 11.4 Å². The van der Waals surface area contributed by atoms with E-state index in [1.807, 2.05) is 18.2 Å². The average molecular weight is 182 g/mol. The predicted octanol–water partition coefficient (Wildman–Crippen LogP) is 2.33. The number of benzene rings is 1. The first-order valence-electron chi connectivity index (χ1n) is 4.14. The summed E-state index contributed by atoms with van der Waals surface area (Å²) in [5.74, 6) is 0. The Balaban J connectivity index is 2.36. The summed E-state index contributed by atoms with van der Waals surface area (Å²) in [5, 5.41) is 0.799. The number of hydrogen-bond acceptors (Lipinski definition) is 1. The van der Waals surface area contributed by atoms with E-state index < -0.39 is 0 Å². The average Bonchev–Trinajstić information content (AvgIpc) is 2.61. The van der Waals surface area contributed by atoms with Gasteiger partial charge in [-0.2, -0.15) is 0 Å². The van der Waals surface area contributed by atoms with Crippen LogP contribution < -0.4 is 5.73 Å². The minimum atomic E-state index is 0.185. The van der Waals surface area contributed by atoms with Gasteiger partial charge in [0.1, 0.15) is 0 Å². The molecule has 1 aromatic rings. The second-order valence-electron chi connectivity index (χ2n) is 3.74. The second-order valence-corrected chi connectivity index (χ2v) is 4.17. The van der Waals surface area contributed by atoms with E-state index in [9.17, 15) is 0 Å². The Morgan fingerprint density at radius 2 is 2.25 bits per heavy atom. The molecule has 2 atom stereocenters. The van der Waals surface area contributed by atoms with E-state index >= 15 is 0 Å². The molecule has 0 amide bonds. The zero-order chi connectivity index (χ0) is 8.77. The second kappa shape index (κ2) is 2.48. The molecule has 0 saturated heterocycles. The van der Waals surface area contributed by atoms with Gasteiger partial charge in [-0.3, -0.25) is 0 Å². The fourth-order valence-corrected chi connectivity index (χ4v) is 1.76. The van der Waals surface area contributed by atoms with Crippen LogP contribution in [0, 0.1) is 0 Å². The van der Waals surface area contributed by atoms with Gasteiger partial charge < -0.3 is 5.73 Å². The summed E-state index contributed by atoms with van der Waals surface area (Å²) in [6.45, 7) is 2.18. The molecule has 0 aliphatic heterocycles. The normalized spacial score (nSPS) is 33.4. The molecule has 1 aromatic carbocycles. The first-order chi connectivity index (χ1) is 5.63. The van der Waals surface area contributed by atoms with Crippen LogP contribution in [0.25, 0.3) is 0 Å². The number of nitrogens with two attached hydrogens (primary N) is 1. The molecular formula is C10H12ClN. The molecule has 0 heterocycles. The van der Waals surface area contributed by atoms with Crippen molar-refractivity contribution < 1.29 is 0 Å². The molecule has 2 N–H and O–H groups in total. The van der Waals surface area contributed by atoms with Gasteiger partial charge in [-0.25, -0.2) is 0 Å². The maximum Gasteiger partial charge on any atom is 0.0408 e. The Kier molecular flexibility index (Phi) is 1.67. The van der Waals surface area contributed by atoms with Crippen LogP contribution in [0.4, 0.5) is 0 Å². The van der Waals surface area contributed by atoms with E-state index in [2.05, 4.69) is 13.0 Å². The van der Waals surface area contributed by atoms with Crippen LogP contribution in [0.1, 0.15) is 18.9 Å². The molecule has 64 valence electrons. The van der Waals surface area contributed by atoms with Gasteiger partial charge in [-0.15, -0.1) is 0 Å². The topological polar surface area (TPSA) is 26.0 Å². The summed E-state index contributed by atoms with van der Waals surface area (Å²) < 4.78 is 0. The van der Waals surface area contributed by atoms with Gasteiger partial charge in [0.25, 0.3) is 0 Å². The fourth-order valence-electron chi connectivity index (χ4n) is 1.57. The monoisotopic (exact) mass is 181 g/mol. The number of rotatable bonds is 1. The highest BCUT2D eigenvalue weighted by molar-refractivity contribution is 6.30. The number of hydrogen-bond donors (Lipinski definition) is 1. The minimum Gasteiger partial charge on any atom is -0.327 e. The lowest BCUT2D eigenvalue weighted by molar-refractivity contribution is 0.741. The molecule has 1 nitrogen and oxygen atoms in total. The Labute approximate surface area is 77.5 Å². The first-order valence-corrected chi connectivity index (χ1v) is 4.52. The van der Waals surface area contributed by atoms with Gasteiger partial charge in [0.15, 0.2) is 0 Å². The van der Waals surface area contributed by atoms with Gasteiger partial charge in [-0.05, 0) is 24.1 Å². The maximum atomic E-state index is 5.89. The van der Waals surface area contributed by atoms with E-state index in [0.29, 0.717) is 6.04 Å². The third-order valence-electron chi connectivity index (χ3n) is 2.79. The highest BCUT2D eigenvalue weighted by atomic mass is 35.5. The zero-order valence-electron chi connectivity index (χ0n) is 7.05. The lowest BCUT2D eigenvalue weighted by atomic mass is 9.98. The number of halogens is 1. The Morgan fingerprint density at radius 1 is 1.58 bits per heavy atom. The Hall–Kier alpha value is -0.530. The van der Waals surface area contributed by atoms with Crippen LogP contribution in [-0.4, -0.2) is 6.04 Å². The van der Waals surface area contributed by atoms with E-state index in [1.54, 1.807) is 0 Å². The van der Waals surface area contributed by atoms with Crippen molar-refractivity contribution in [2.24, 2.45) is 5.73 Å². The largest absolute Gasteiger partial charge is 0.327 e. The van der Waals surface area contributed by atoms with Crippen molar-refractivity contribution in [1.82, 2.24) is 0 Å². The lowest BCUT2D eigenvalue weighted by Crippen LogP contribution is -2.14. The van der Waals surface area contributed by atoms with Crippen LogP contribution in [0.15, 0.2) is 24.3 Å². The Bertz CT molecular complexity index is 310. The van der Waals surface area contributed by atoms with Crippen LogP contribution in [0.3, 0.4) is 0 Å². The summed E-state index contributed by atoms with van der Waals surface area (Å²) in [6.07, 6.45) is 1.08. The van der Waals surface area contributed by atoms with Crippen LogP contribution >= 0.6 is 11.6 Å². The van der Waals surface area contributed by atoms with E-state index in [4.69, 9.17) is 17.3 Å². The minimum absolute atomic E-state index is 0.185. The van der Waals surface area contributed by atoms with Crippen LogP contribution in [0.2, 0.25) is 5.02 Å². The van der Waals surface area contributed by atoms with Crippen molar-refractivity contribution >= 4 is 11.6 Å². The van der Waals surface area contributed by atoms with Crippen LogP contribution in [-0.2, 0) is 5.41 Å². The third-order valence-corrected chi connectivity index (χ3v) is 3.02. The molecule has 0 aromatic heterocycles.